The van der Waals surface area contributed by atoms with Crippen LogP contribution < -0.4 is 5.32 Å². The van der Waals surface area contributed by atoms with Gasteiger partial charge in [-0.3, -0.25) is 0 Å². The molecule has 0 saturated carbocycles. The lowest BCUT2D eigenvalue weighted by atomic mass is 10.1. The number of rotatable bonds is 5. The predicted molar refractivity (Wildman–Crippen MR) is 60.7 cm³/mol. The molecular formula is C12H18FNO2. The van der Waals surface area contributed by atoms with Crippen LogP contribution in [0.4, 0.5) is 4.39 Å². The van der Waals surface area contributed by atoms with E-state index in [1.54, 1.807) is 26.0 Å². The minimum Gasteiger partial charge on any atom is -0.394 e. The fourth-order valence-corrected chi connectivity index (χ4v) is 1.59. The lowest BCUT2D eigenvalue weighted by molar-refractivity contribution is 0.0942. The molecule has 1 aromatic carbocycles. The summed E-state index contributed by atoms with van der Waals surface area (Å²) in [7, 11) is 0. The summed E-state index contributed by atoms with van der Waals surface area (Å²) in [5.74, 6) is -0.167. The van der Waals surface area contributed by atoms with E-state index in [2.05, 4.69) is 5.32 Å². The summed E-state index contributed by atoms with van der Waals surface area (Å²) in [6.07, 6.45) is -0.748. The van der Waals surface area contributed by atoms with Crippen LogP contribution in [0.1, 0.15) is 16.7 Å². The van der Waals surface area contributed by atoms with Crippen LogP contribution in [0.2, 0.25) is 0 Å². The summed E-state index contributed by atoms with van der Waals surface area (Å²) in [6.45, 7) is 4.09. The van der Waals surface area contributed by atoms with Crippen molar-refractivity contribution in [1.82, 2.24) is 5.32 Å². The van der Waals surface area contributed by atoms with Gasteiger partial charge in [-0.15, -0.1) is 0 Å². The Kier molecular flexibility index (Phi) is 4.86. The minimum atomic E-state index is -0.748. The monoisotopic (exact) mass is 227 g/mol. The molecule has 0 fully saturated rings. The van der Waals surface area contributed by atoms with Gasteiger partial charge in [0.25, 0.3) is 0 Å². The van der Waals surface area contributed by atoms with E-state index in [0.717, 1.165) is 5.56 Å². The second kappa shape index (κ2) is 5.94. The summed E-state index contributed by atoms with van der Waals surface area (Å²) < 4.78 is 13.3. The number of aliphatic hydroxyl groups is 2. The Bertz CT molecular complexity index is 332. The normalized spacial score (nSPS) is 12.8. The molecule has 0 radical (unpaired) electrons. The minimum absolute atomic E-state index is 0.167. The molecule has 3 N–H and O–H groups in total. The molecule has 0 bridgehead atoms. The van der Waals surface area contributed by atoms with Crippen molar-refractivity contribution in [3.05, 3.63) is 34.6 Å². The van der Waals surface area contributed by atoms with Crippen LogP contribution in [0.3, 0.4) is 0 Å². The molecule has 0 aromatic heterocycles. The number of aryl methyl sites for hydroxylation is 2. The molecule has 0 amide bonds. The smallest absolute Gasteiger partial charge is 0.129 e. The third-order valence-corrected chi connectivity index (χ3v) is 2.42. The van der Waals surface area contributed by atoms with Gasteiger partial charge < -0.3 is 15.5 Å². The molecule has 0 aliphatic carbocycles. The van der Waals surface area contributed by atoms with E-state index >= 15 is 0 Å². The lowest BCUT2D eigenvalue weighted by Gasteiger charge is -2.10. The zero-order chi connectivity index (χ0) is 12.1. The molecule has 1 unspecified atom stereocenters. The second-order valence-electron chi connectivity index (χ2n) is 4.01. The largest absolute Gasteiger partial charge is 0.394 e. The Morgan fingerprint density at radius 2 is 1.88 bits per heavy atom. The molecule has 4 heteroatoms. The van der Waals surface area contributed by atoms with Gasteiger partial charge in [0.05, 0.1) is 12.7 Å². The second-order valence-corrected chi connectivity index (χ2v) is 4.01. The zero-order valence-corrected chi connectivity index (χ0v) is 9.63. The quantitative estimate of drug-likeness (QED) is 0.700. The van der Waals surface area contributed by atoms with Crippen LogP contribution in [-0.4, -0.2) is 29.5 Å². The van der Waals surface area contributed by atoms with E-state index in [1.807, 2.05) is 0 Å². The van der Waals surface area contributed by atoms with Crippen molar-refractivity contribution in [3.8, 4) is 0 Å². The Morgan fingerprint density at radius 3 is 2.38 bits per heavy atom. The van der Waals surface area contributed by atoms with Crippen molar-refractivity contribution >= 4 is 0 Å². The van der Waals surface area contributed by atoms with Gasteiger partial charge >= 0.3 is 0 Å². The van der Waals surface area contributed by atoms with Gasteiger partial charge in [-0.25, -0.2) is 4.39 Å². The molecule has 1 aromatic rings. The molecule has 0 heterocycles. The Labute approximate surface area is 94.9 Å². The third kappa shape index (κ3) is 3.56. The molecule has 1 rings (SSSR count). The van der Waals surface area contributed by atoms with Crippen LogP contribution in [0.15, 0.2) is 12.1 Å². The Balaban J connectivity index is 2.55. The van der Waals surface area contributed by atoms with E-state index in [1.165, 1.54) is 0 Å². The van der Waals surface area contributed by atoms with Crippen LogP contribution >= 0.6 is 0 Å². The maximum atomic E-state index is 13.3. The highest BCUT2D eigenvalue weighted by atomic mass is 19.1. The van der Waals surface area contributed by atoms with Gasteiger partial charge in [0, 0.05) is 13.1 Å². The highest BCUT2D eigenvalue weighted by Gasteiger charge is 2.05. The number of benzene rings is 1. The average molecular weight is 227 g/mol. The van der Waals surface area contributed by atoms with E-state index < -0.39 is 6.10 Å². The first-order valence-corrected chi connectivity index (χ1v) is 5.30. The van der Waals surface area contributed by atoms with Gasteiger partial charge in [0.2, 0.25) is 0 Å². The number of nitrogens with one attached hydrogen (secondary N) is 1. The maximum absolute atomic E-state index is 13.3. The van der Waals surface area contributed by atoms with Gasteiger partial charge in [0.1, 0.15) is 5.82 Å². The van der Waals surface area contributed by atoms with Gasteiger partial charge in [-0.2, -0.15) is 0 Å². The van der Waals surface area contributed by atoms with E-state index in [9.17, 15) is 4.39 Å². The topological polar surface area (TPSA) is 52.5 Å². The molecule has 3 nitrogen and oxygen atoms in total. The van der Waals surface area contributed by atoms with Crippen LogP contribution in [0, 0.1) is 19.7 Å². The number of aliphatic hydroxyl groups excluding tert-OH is 2. The Morgan fingerprint density at radius 1 is 1.31 bits per heavy atom. The maximum Gasteiger partial charge on any atom is 0.129 e. The lowest BCUT2D eigenvalue weighted by Crippen LogP contribution is -2.29. The molecule has 16 heavy (non-hydrogen) atoms. The van der Waals surface area contributed by atoms with Gasteiger partial charge in [-0.05, 0) is 30.5 Å². The number of hydrogen-bond acceptors (Lipinski definition) is 3. The molecule has 1 atom stereocenters. The molecular weight excluding hydrogens is 209 g/mol. The van der Waals surface area contributed by atoms with Gasteiger partial charge in [-0.1, -0.05) is 12.1 Å². The van der Waals surface area contributed by atoms with Gasteiger partial charge in [0.15, 0.2) is 0 Å². The highest BCUT2D eigenvalue weighted by molar-refractivity contribution is 5.30. The van der Waals surface area contributed by atoms with E-state index in [0.29, 0.717) is 24.2 Å². The number of halogens is 1. The molecule has 0 saturated heterocycles. The first-order chi connectivity index (χ1) is 7.54. The van der Waals surface area contributed by atoms with E-state index in [-0.39, 0.29) is 12.4 Å². The van der Waals surface area contributed by atoms with Crippen molar-refractivity contribution < 1.29 is 14.6 Å². The fraction of sp³-hybridized carbons (Fsp3) is 0.500. The van der Waals surface area contributed by atoms with Crippen LogP contribution in [-0.2, 0) is 6.54 Å². The van der Waals surface area contributed by atoms with E-state index in [4.69, 9.17) is 10.2 Å². The van der Waals surface area contributed by atoms with Crippen molar-refractivity contribution in [2.45, 2.75) is 26.5 Å². The first kappa shape index (κ1) is 13.1. The average Bonchev–Trinajstić information content (AvgIpc) is 2.25. The zero-order valence-electron chi connectivity index (χ0n) is 9.63. The summed E-state index contributed by atoms with van der Waals surface area (Å²) in [4.78, 5) is 0. The predicted octanol–water partition coefficient (Wildman–Crippen LogP) is 0.885. The van der Waals surface area contributed by atoms with Crippen molar-refractivity contribution in [3.63, 3.8) is 0 Å². The summed E-state index contributed by atoms with van der Waals surface area (Å²) in [5, 5.41) is 20.7. The summed E-state index contributed by atoms with van der Waals surface area (Å²) in [5.41, 5.74) is 2.22. The molecule has 0 spiro atoms. The molecule has 0 aliphatic rings. The molecule has 0 aliphatic heterocycles. The third-order valence-electron chi connectivity index (χ3n) is 2.42. The fourth-order valence-electron chi connectivity index (χ4n) is 1.59. The first-order valence-electron chi connectivity index (χ1n) is 5.30. The number of hydrogen-bond donors (Lipinski definition) is 3. The summed E-state index contributed by atoms with van der Waals surface area (Å²) >= 11 is 0. The summed E-state index contributed by atoms with van der Waals surface area (Å²) in [6, 6.07) is 3.56. The standard InChI is InChI=1S/C12H18FNO2/c1-8-3-10(4-9(2)12(8)13)5-14-6-11(16)7-15/h3-4,11,14-16H,5-7H2,1-2H3. The highest BCUT2D eigenvalue weighted by Crippen LogP contribution is 2.14. The SMILES string of the molecule is Cc1cc(CNCC(O)CO)cc(C)c1F. The Hall–Kier alpha value is -0.970. The van der Waals surface area contributed by atoms with Crippen molar-refractivity contribution in [1.29, 1.82) is 0 Å². The van der Waals surface area contributed by atoms with Crippen molar-refractivity contribution in [2.75, 3.05) is 13.2 Å². The van der Waals surface area contributed by atoms with Crippen LogP contribution in [0.25, 0.3) is 0 Å². The van der Waals surface area contributed by atoms with Crippen LogP contribution in [0.5, 0.6) is 0 Å². The van der Waals surface area contributed by atoms with Crippen molar-refractivity contribution in [2.24, 2.45) is 0 Å². The molecule has 90 valence electrons.